The van der Waals surface area contributed by atoms with Crippen LogP contribution in [0.3, 0.4) is 0 Å². The van der Waals surface area contributed by atoms with Gasteiger partial charge in [-0.15, -0.1) is 13.2 Å². The lowest BCUT2D eigenvalue weighted by molar-refractivity contribution is -0.274. The molecule has 0 radical (unpaired) electrons. The fourth-order valence-corrected chi connectivity index (χ4v) is 1.13. The number of aromatic hydroxyl groups is 1. The molecular weight excluding hydrogens is 267 g/mol. The highest BCUT2D eigenvalue weighted by Gasteiger charge is 2.32. The molecule has 1 rings (SSSR count). The minimum Gasteiger partial charge on any atom is -0.507 e. The van der Waals surface area contributed by atoms with Gasteiger partial charge < -0.3 is 15.6 Å². The number of benzene rings is 1. The number of nitrogens with two attached hydrogens (primary N) is 1. The highest BCUT2D eigenvalue weighted by atomic mass is 79.9. The van der Waals surface area contributed by atoms with Crippen LogP contribution in [0.2, 0.25) is 0 Å². The summed E-state index contributed by atoms with van der Waals surface area (Å²) in [6, 6.07) is 1.91. The maximum Gasteiger partial charge on any atom is 0.573 e. The second kappa shape index (κ2) is 3.56. The van der Waals surface area contributed by atoms with Crippen molar-refractivity contribution in [1.29, 1.82) is 0 Å². The number of phenols is 1. The number of hydrogen-bond donors (Lipinski definition) is 2. The van der Waals surface area contributed by atoms with Gasteiger partial charge in [0.15, 0.2) is 5.75 Å². The predicted octanol–water partition coefficient (Wildman–Crippen LogP) is 2.64. The number of phenolic OH excluding ortho intramolecular Hbond substituents is 1. The van der Waals surface area contributed by atoms with Gasteiger partial charge in [0.1, 0.15) is 5.75 Å². The number of alkyl halides is 3. The van der Waals surface area contributed by atoms with Crippen LogP contribution in [0.1, 0.15) is 0 Å². The first kappa shape index (κ1) is 11.0. The van der Waals surface area contributed by atoms with E-state index in [0.29, 0.717) is 0 Å². The van der Waals surface area contributed by atoms with Crippen LogP contribution in [0.25, 0.3) is 0 Å². The number of halogens is 4. The van der Waals surface area contributed by atoms with Crippen molar-refractivity contribution in [2.45, 2.75) is 6.36 Å². The van der Waals surface area contributed by atoms with Crippen LogP contribution in [-0.4, -0.2) is 11.5 Å². The van der Waals surface area contributed by atoms with Crippen molar-refractivity contribution in [1.82, 2.24) is 0 Å². The SMILES string of the molecule is Nc1cc(Br)c(O)cc1OC(F)(F)F. The smallest absolute Gasteiger partial charge is 0.507 e. The van der Waals surface area contributed by atoms with Crippen LogP contribution in [0, 0.1) is 0 Å². The third-order valence-corrected chi connectivity index (χ3v) is 1.94. The molecule has 0 atom stereocenters. The van der Waals surface area contributed by atoms with E-state index in [1.165, 1.54) is 0 Å². The van der Waals surface area contributed by atoms with Gasteiger partial charge in [0, 0.05) is 6.07 Å². The molecule has 0 heterocycles. The Morgan fingerprint density at radius 3 is 2.43 bits per heavy atom. The molecule has 0 fully saturated rings. The monoisotopic (exact) mass is 271 g/mol. The van der Waals surface area contributed by atoms with Crippen LogP contribution in [0.4, 0.5) is 18.9 Å². The zero-order valence-electron chi connectivity index (χ0n) is 6.60. The third kappa shape index (κ3) is 2.69. The molecule has 3 N–H and O–H groups in total. The van der Waals surface area contributed by atoms with Crippen molar-refractivity contribution in [2.24, 2.45) is 0 Å². The first-order valence-corrected chi connectivity index (χ1v) is 4.12. The molecule has 0 bridgehead atoms. The Hall–Kier alpha value is -1.11. The van der Waals surface area contributed by atoms with E-state index >= 15 is 0 Å². The van der Waals surface area contributed by atoms with Gasteiger partial charge in [-0.2, -0.15) is 0 Å². The maximum atomic E-state index is 11.8. The molecule has 7 heteroatoms. The molecule has 0 aromatic heterocycles. The van der Waals surface area contributed by atoms with E-state index in [1.807, 2.05) is 0 Å². The highest BCUT2D eigenvalue weighted by molar-refractivity contribution is 9.10. The van der Waals surface area contributed by atoms with Crippen molar-refractivity contribution < 1.29 is 23.0 Å². The lowest BCUT2D eigenvalue weighted by Gasteiger charge is -2.11. The summed E-state index contributed by atoms with van der Waals surface area (Å²) >= 11 is 2.89. The fraction of sp³-hybridized carbons (Fsp3) is 0.143. The summed E-state index contributed by atoms with van der Waals surface area (Å²) in [5, 5.41) is 9.07. The molecule has 1 aromatic carbocycles. The molecular formula is C7H5BrF3NO2. The van der Waals surface area contributed by atoms with Gasteiger partial charge in [0.25, 0.3) is 0 Å². The second-order valence-electron chi connectivity index (χ2n) is 2.39. The normalized spacial score (nSPS) is 11.4. The first-order chi connectivity index (χ1) is 6.29. The summed E-state index contributed by atoms with van der Waals surface area (Å²) in [5.41, 5.74) is 5.02. The lowest BCUT2D eigenvalue weighted by Crippen LogP contribution is -2.17. The van der Waals surface area contributed by atoms with Gasteiger partial charge in [-0.1, -0.05) is 0 Å². The number of ether oxygens (including phenoxy) is 1. The van der Waals surface area contributed by atoms with Gasteiger partial charge >= 0.3 is 6.36 Å². The van der Waals surface area contributed by atoms with E-state index in [4.69, 9.17) is 10.8 Å². The Bertz CT molecular complexity index is 354. The summed E-state index contributed by atoms with van der Waals surface area (Å²) in [6.07, 6.45) is -4.83. The van der Waals surface area contributed by atoms with E-state index in [9.17, 15) is 13.2 Å². The summed E-state index contributed by atoms with van der Waals surface area (Å²) in [4.78, 5) is 0. The molecule has 3 nitrogen and oxygen atoms in total. The largest absolute Gasteiger partial charge is 0.573 e. The molecule has 0 spiro atoms. The Morgan fingerprint density at radius 2 is 1.93 bits per heavy atom. The average molecular weight is 272 g/mol. The Morgan fingerprint density at radius 1 is 1.36 bits per heavy atom. The van der Waals surface area contributed by atoms with Crippen molar-refractivity contribution in [3.8, 4) is 11.5 Å². The standard InChI is InChI=1S/C7H5BrF3NO2/c8-3-1-4(12)6(2-5(3)13)14-7(9,10)11/h1-2,13H,12H2. The molecule has 0 saturated heterocycles. The van der Waals surface area contributed by atoms with E-state index in [0.717, 1.165) is 12.1 Å². The van der Waals surface area contributed by atoms with E-state index in [-0.39, 0.29) is 15.9 Å². The van der Waals surface area contributed by atoms with Crippen molar-refractivity contribution >= 4 is 21.6 Å². The Kier molecular flexibility index (Phi) is 2.79. The van der Waals surface area contributed by atoms with Gasteiger partial charge in [0.05, 0.1) is 10.2 Å². The minimum absolute atomic E-state index is 0.199. The molecule has 0 aliphatic heterocycles. The number of nitrogen functional groups attached to an aromatic ring is 1. The summed E-state index contributed by atoms with van der Waals surface area (Å²) in [6.45, 7) is 0. The number of rotatable bonds is 1. The molecule has 0 saturated carbocycles. The zero-order valence-corrected chi connectivity index (χ0v) is 8.19. The van der Waals surface area contributed by atoms with Crippen molar-refractivity contribution in [3.05, 3.63) is 16.6 Å². The lowest BCUT2D eigenvalue weighted by atomic mass is 10.3. The second-order valence-corrected chi connectivity index (χ2v) is 3.24. The Balaban J connectivity index is 3.04. The molecule has 0 amide bonds. The minimum atomic E-state index is -4.83. The fourth-order valence-electron chi connectivity index (χ4n) is 0.771. The van der Waals surface area contributed by atoms with E-state index < -0.39 is 12.1 Å². The summed E-state index contributed by atoms with van der Waals surface area (Å²) in [5.74, 6) is -1.00. The van der Waals surface area contributed by atoms with Crippen LogP contribution in [-0.2, 0) is 0 Å². The highest BCUT2D eigenvalue weighted by Crippen LogP contribution is 2.36. The van der Waals surface area contributed by atoms with E-state index in [1.54, 1.807) is 0 Å². The molecule has 78 valence electrons. The first-order valence-electron chi connectivity index (χ1n) is 3.33. The third-order valence-electron chi connectivity index (χ3n) is 1.30. The Labute approximate surface area is 85.4 Å². The van der Waals surface area contributed by atoms with Crippen LogP contribution >= 0.6 is 15.9 Å². The molecule has 1 aromatic rings. The number of anilines is 1. The van der Waals surface area contributed by atoms with Gasteiger partial charge in [0.2, 0.25) is 0 Å². The van der Waals surface area contributed by atoms with Crippen LogP contribution in [0.5, 0.6) is 11.5 Å². The zero-order chi connectivity index (χ0) is 10.9. The van der Waals surface area contributed by atoms with E-state index in [2.05, 4.69) is 20.7 Å². The summed E-state index contributed by atoms with van der Waals surface area (Å²) in [7, 11) is 0. The van der Waals surface area contributed by atoms with Crippen LogP contribution in [0.15, 0.2) is 16.6 Å². The van der Waals surface area contributed by atoms with Gasteiger partial charge in [-0.3, -0.25) is 0 Å². The number of hydrogen-bond acceptors (Lipinski definition) is 3. The van der Waals surface area contributed by atoms with Gasteiger partial charge in [-0.05, 0) is 22.0 Å². The van der Waals surface area contributed by atoms with Crippen molar-refractivity contribution in [3.63, 3.8) is 0 Å². The molecule has 0 unspecified atom stereocenters. The van der Waals surface area contributed by atoms with Gasteiger partial charge in [-0.25, -0.2) is 0 Å². The summed E-state index contributed by atoms with van der Waals surface area (Å²) < 4.78 is 39.1. The topological polar surface area (TPSA) is 55.5 Å². The molecule has 14 heavy (non-hydrogen) atoms. The maximum absolute atomic E-state index is 11.8. The molecule has 0 aliphatic carbocycles. The predicted molar refractivity (Wildman–Crippen MR) is 46.9 cm³/mol. The quantitative estimate of drug-likeness (QED) is 0.610. The molecule has 0 aliphatic rings. The van der Waals surface area contributed by atoms with Crippen LogP contribution < -0.4 is 10.5 Å². The average Bonchev–Trinajstić information content (AvgIpc) is 1.97. The van der Waals surface area contributed by atoms with Crippen molar-refractivity contribution in [2.75, 3.05) is 5.73 Å².